The van der Waals surface area contributed by atoms with E-state index in [-0.39, 0.29) is 0 Å². The monoisotopic (exact) mass is 374 g/mol. The van der Waals surface area contributed by atoms with Gasteiger partial charge in [-0.05, 0) is 49.2 Å². The highest BCUT2D eigenvalue weighted by atomic mass is 32.1. The summed E-state index contributed by atoms with van der Waals surface area (Å²) in [4.78, 5) is 10.9. The van der Waals surface area contributed by atoms with Gasteiger partial charge in [-0.2, -0.15) is 5.10 Å². The number of aryl methyl sites for hydroxylation is 2. The van der Waals surface area contributed by atoms with Crippen molar-refractivity contribution in [2.45, 2.75) is 13.8 Å². The zero-order valence-corrected chi connectivity index (χ0v) is 15.8. The molecule has 0 saturated carbocycles. The molecule has 0 fully saturated rings. The summed E-state index contributed by atoms with van der Waals surface area (Å²) >= 11 is 1.67. The van der Waals surface area contributed by atoms with Crippen LogP contribution in [0.5, 0.6) is 11.5 Å². The molecule has 1 N–H and O–H groups in total. The van der Waals surface area contributed by atoms with Crippen LogP contribution in [-0.4, -0.2) is 16.2 Å². The van der Waals surface area contributed by atoms with Crippen LogP contribution in [0.15, 0.2) is 66.0 Å². The van der Waals surface area contributed by atoms with Crippen molar-refractivity contribution in [2.75, 3.05) is 5.43 Å². The van der Waals surface area contributed by atoms with E-state index in [9.17, 15) is 0 Å². The van der Waals surface area contributed by atoms with Crippen molar-refractivity contribution in [1.82, 2.24) is 9.97 Å². The van der Waals surface area contributed by atoms with Gasteiger partial charge in [-0.15, -0.1) is 11.3 Å². The van der Waals surface area contributed by atoms with Crippen LogP contribution in [0.2, 0.25) is 0 Å². The molecule has 0 saturated heterocycles. The van der Waals surface area contributed by atoms with Crippen LogP contribution in [0, 0.1) is 13.8 Å². The Morgan fingerprint density at radius 2 is 1.81 bits per heavy atom. The summed E-state index contributed by atoms with van der Waals surface area (Å²) in [7, 11) is 0. The van der Waals surface area contributed by atoms with Gasteiger partial charge in [-0.25, -0.2) is 9.97 Å². The van der Waals surface area contributed by atoms with Crippen LogP contribution in [0.25, 0.3) is 10.2 Å². The van der Waals surface area contributed by atoms with Crippen molar-refractivity contribution in [3.63, 3.8) is 0 Å². The van der Waals surface area contributed by atoms with Crippen LogP contribution in [0.4, 0.5) is 5.82 Å². The highest BCUT2D eigenvalue weighted by Crippen LogP contribution is 2.32. The molecule has 0 spiro atoms. The summed E-state index contributed by atoms with van der Waals surface area (Å²) in [6.45, 7) is 4.17. The van der Waals surface area contributed by atoms with E-state index in [4.69, 9.17) is 4.74 Å². The number of rotatable bonds is 5. The lowest BCUT2D eigenvalue weighted by Crippen LogP contribution is -1.95. The molecule has 0 aliphatic heterocycles. The minimum absolute atomic E-state index is 0.717. The molecule has 0 amide bonds. The average Bonchev–Trinajstić information content (AvgIpc) is 2.98. The minimum atomic E-state index is 0.717. The third-order valence-electron chi connectivity index (χ3n) is 4.19. The Kier molecular flexibility index (Phi) is 4.80. The van der Waals surface area contributed by atoms with E-state index in [2.05, 4.69) is 34.3 Å². The number of nitrogens with zero attached hydrogens (tertiary/aromatic N) is 3. The van der Waals surface area contributed by atoms with Gasteiger partial charge in [0.1, 0.15) is 22.7 Å². The number of nitrogens with one attached hydrogen (secondary N) is 1. The standard InChI is InChI=1S/C21H18N4OS/c1-14-15(2)27-21-19(14)20(22-13-23-21)25-24-12-16-7-6-10-18(11-16)26-17-8-4-3-5-9-17/h3-13H,1-2H3,(H,22,23,25)/b24-12-. The smallest absolute Gasteiger partial charge is 0.158 e. The second kappa shape index (κ2) is 7.55. The average molecular weight is 374 g/mol. The predicted molar refractivity (Wildman–Crippen MR) is 111 cm³/mol. The molecule has 27 heavy (non-hydrogen) atoms. The van der Waals surface area contributed by atoms with Crippen LogP contribution >= 0.6 is 11.3 Å². The van der Waals surface area contributed by atoms with Crippen LogP contribution in [-0.2, 0) is 0 Å². The first-order valence-electron chi connectivity index (χ1n) is 8.53. The second-order valence-corrected chi connectivity index (χ2v) is 7.25. The molecule has 134 valence electrons. The molecule has 2 aromatic heterocycles. The zero-order chi connectivity index (χ0) is 18.6. The quantitative estimate of drug-likeness (QED) is 0.368. The van der Waals surface area contributed by atoms with Gasteiger partial charge >= 0.3 is 0 Å². The lowest BCUT2D eigenvalue weighted by molar-refractivity contribution is 0.482. The van der Waals surface area contributed by atoms with Crippen molar-refractivity contribution >= 4 is 33.6 Å². The predicted octanol–water partition coefficient (Wildman–Crippen LogP) is 5.55. The summed E-state index contributed by atoms with van der Waals surface area (Å²) < 4.78 is 5.86. The van der Waals surface area contributed by atoms with Crippen molar-refractivity contribution in [3.05, 3.63) is 76.9 Å². The molecule has 2 aromatic carbocycles. The van der Waals surface area contributed by atoms with Crippen LogP contribution in [0.1, 0.15) is 16.0 Å². The summed E-state index contributed by atoms with van der Waals surface area (Å²) in [5, 5.41) is 5.37. The Morgan fingerprint density at radius 1 is 1.00 bits per heavy atom. The highest BCUT2D eigenvalue weighted by Gasteiger charge is 2.11. The van der Waals surface area contributed by atoms with Crippen LogP contribution < -0.4 is 10.2 Å². The molecule has 0 radical (unpaired) electrons. The van der Waals surface area contributed by atoms with E-state index in [0.717, 1.165) is 33.1 Å². The first-order valence-corrected chi connectivity index (χ1v) is 9.35. The Morgan fingerprint density at radius 3 is 2.67 bits per heavy atom. The summed E-state index contributed by atoms with van der Waals surface area (Å²) in [6, 6.07) is 17.5. The normalized spacial score (nSPS) is 11.2. The minimum Gasteiger partial charge on any atom is -0.457 e. The fourth-order valence-electron chi connectivity index (χ4n) is 2.72. The maximum absolute atomic E-state index is 5.86. The molecule has 0 atom stereocenters. The van der Waals surface area contributed by atoms with Gasteiger partial charge in [0, 0.05) is 4.88 Å². The van der Waals surface area contributed by atoms with Gasteiger partial charge < -0.3 is 4.74 Å². The molecular formula is C21H18N4OS. The highest BCUT2D eigenvalue weighted by molar-refractivity contribution is 7.18. The number of fused-ring (bicyclic) bond motifs is 1. The lowest BCUT2D eigenvalue weighted by atomic mass is 10.2. The lowest BCUT2D eigenvalue weighted by Gasteiger charge is -2.06. The Balaban J connectivity index is 1.52. The topological polar surface area (TPSA) is 59.4 Å². The molecular weight excluding hydrogens is 356 g/mol. The Labute approximate surface area is 161 Å². The second-order valence-electron chi connectivity index (χ2n) is 6.04. The first-order chi connectivity index (χ1) is 13.2. The largest absolute Gasteiger partial charge is 0.457 e. The van der Waals surface area contributed by atoms with E-state index >= 15 is 0 Å². The maximum atomic E-state index is 5.86. The Bertz CT molecular complexity index is 1110. The van der Waals surface area contributed by atoms with Crippen molar-refractivity contribution in [1.29, 1.82) is 0 Å². The van der Waals surface area contributed by atoms with Crippen molar-refractivity contribution in [2.24, 2.45) is 5.10 Å². The number of thiophene rings is 1. The van der Waals surface area contributed by atoms with Crippen LogP contribution in [0.3, 0.4) is 0 Å². The van der Waals surface area contributed by atoms with E-state index in [1.165, 1.54) is 10.4 Å². The number of aromatic nitrogens is 2. The van der Waals surface area contributed by atoms with Crippen molar-refractivity contribution < 1.29 is 4.74 Å². The molecule has 4 aromatic rings. The van der Waals surface area contributed by atoms with E-state index in [1.807, 2.05) is 54.6 Å². The summed E-state index contributed by atoms with van der Waals surface area (Å²) in [6.07, 6.45) is 3.31. The molecule has 0 bridgehead atoms. The molecule has 2 heterocycles. The third-order valence-corrected chi connectivity index (χ3v) is 5.30. The van der Waals surface area contributed by atoms with Crippen molar-refractivity contribution in [3.8, 4) is 11.5 Å². The SMILES string of the molecule is Cc1sc2ncnc(N/N=C\c3cccc(Oc4ccccc4)c3)c2c1C. The van der Waals surface area contributed by atoms with Gasteiger partial charge in [0.05, 0.1) is 11.6 Å². The third kappa shape index (κ3) is 3.80. The van der Waals surface area contributed by atoms with Gasteiger partial charge in [0.2, 0.25) is 0 Å². The molecule has 0 aliphatic rings. The number of benzene rings is 2. The molecule has 0 unspecified atom stereocenters. The Hall–Kier alpha value is -3.25. The number of ether oxygens (including phenoxy) is 1. The fraction of sp³-hybridized carbons (Fsp3) is 0.0952. The zero-order valence-electron chi connectivity index (χ0n) is 15.0. The summed E-state index contributed by atoms with van der Waals surface area (Å²) in [5.74, 6) is 2.28. The summed E-state index contributed by atoms with van der Waals surface area (Å²) in [5.41, 5.74) is 5.16. The number of para-hydroxylation sites is 1. The molecule has 6 heteroatoms. The number of hydrazone groups is 1. The first kappa shape index (κ1) is 17.2. The van der Waals surface area contributed by atoms with Gasteiger partial charge in [0.15, 0.2) is 5.82 Å². The fourth-order valence-corrected chi connectivity index (χ4v) is 3.71. The van der Waals surface area contributed by atoms with Gasteiger partial charge in [-0.3, -0.25) is 5.43 Å². The van der Waals surface area contributed by atoms with Gasteiger partial charge in [0.25, 0.3) is 0 Å². The molecule has 0 aliphatic carbocycles. The van der Waals surface area contributed by atoms with Gasteiger partial charge in [-0.1, -0.05) is 30.3 Å². The maximum Gasteiger partial charge on any atom is 0.158 e. The number of anilines is 1. The number of hydrogen-bond donors (Lipinski definition) is 1. The van der Waals surface area contributed by atoms with E-state index in [1.54, 1.807) is 23.9 Å². The van der Waals surface area contributed by atoms with E-state index in [0.29, 0.717) is 0 Å². The van der Waals surface area contributed by atoms with E-state index < -0.39 is 0 Å². The molecule has 5 nitrogen and oxygen atoms in total. The number of hydrogen-bond acceptors (Lipinski definition) is 6. The molecule has 4 rings (SSSR count).